The smallest absolute Gasteiger partial charge is 0.343 e. The van der Waals surface area contributed by atoms with E-state index in [0.29, 0.717) is 41.0 Å². The number of ether oxygens (including phenoxy) is 4. The lowest BCUT2D eigenvalue weighted by atomic mass is 10.1. The average molecular weight is 969 g/mol. The Hall–Kier alpha value is -6.02. The van der Waals surface area contributed by atoms with E-state index in [1.807, 2.05) is 36.4 Å². The van der Waals surface area contributed by atoms with Gasteiger partial charge in [-0.15, -0.1) is 0 Å². The molecule has 0 saturated carbocycles. The second-order valence-corrected chi connectivity index (χ2v) is 18.7. The van der Waals surface area contributed by atoms with Crippen molar-refractivity contribution in [1.82, 2.24) is 0 Å². The van der Waals surface area contributed by atoms with E-state index < -0.39 is 23.6 Å². The van der Waals surface area contributed by atoms with Gasteiger partial charge in [0.05, 0.1) is 24.3 Å². The van der Waals surface area contributed by atoms with Crippen molar-refractivity contribution in [1.29, 1.82) is 0 Å². The van der Waals surface area contributed by atoms with E-state index >= 15 is 0 Å². The minimum Gasteiger partial charge on any atom is -0.491 e. The minimum absolute atomic E-state index is 0.262. The highest BCUT2D eigenvalue weighted by atomic mass is 19.1. The number of esters is 2. The van der Waals surface area contributed by atoms with Crippen LogP contribution in [0.5, 0.6) is 23.0 Å². The number of hydrogen-bond donors (Lipinski definition) is 0. The molecule has 5 aromatic carbocycles. The molecule has 0 fully saturated rings. The van der Waals surface area contributed by atoms with Crippen LogP contribution in [0, 0.1) is 18.6 Å². The molecule has 6 nitrogen and oxygen atoms in total. The van der Waals surface area contributed by atoms with Crippen LogP contribution in [-0.4, -0.2) is 25.2 Å². The predicted molar refractivity (Wildman–Crippen MR) is 289 cm³/mol. The van der Waals surface area contributed by atoms with Crippen molar-refractivity contribution in [3.63, 3.8) is 0 Å². The average Bonchev–Trinajstić information content (AvgIpc) is 3.38. The molecule has 0 radical (unpaired) electrons. The molecule has 5 aromatic rings. The molecule has 71 heavy (non-hydrogen) atoms. The molecule has 0 saturated heterocycles. The number of rotatable bonds is 34. The molecule has 0 heterocycles. The summed E-state index contributed by atoms with van der Waals surface area (Å²) in [6, 6.07) is 28.6. The van der Waals surface area contributed by atoms with Gasteiger partial charge in [0, 0.05) is 5.56 Å². The Labute approximate surface area is 423 Å². The molecular weight excluding hydrogens is 891 g/mol. The first kappa shape index (κ1) is 55.9. The molecule has 0 bridgehead atoms. The lowest BCUT2D eigenvalue weighted by molar-refractivity contribution is 0.0730. The molecule has 0 aliphatic rings. The molecule has 0 atom stereocenters. The maximum Gasteiger partial charge on any atom is 0.343 e. The molecule has 0 N–H and O–H groups in total. The van der Waals surface area contributed by atoms with Gasteiger partial charge in [-0.3, -0.25) is 0 Å². The summed E-state index contributed by atoms with van der Waals surface area (Å²) in [5.74, 6) is -0.870. The van der Waals surface area contributed by atoms with Gasteiger partial charge in [0.25, 0.3) is 0 Å². The van der Waals surface area contributed by atoms with Gasteiger partial charge >= 0.3 is 11.9 Å². The quantitative estimate of drug-likeness (QED) is 0.0177. The molecule has 0 aliphatic heterocycles. The van der Waals surface area contributed by atoms with Gasteiger partial charge in [-0.25, -0.2) is 18.4 Å². The second-order valence-electron chi connectivity index (χ2n) is 18.7. The predicted octanol–water partition coefficient (Wildman–Crippen LogP) is 18.4. The van der Waals surface area contributed by atoms with Gasteiger partial charge in [0.15, 0.2) is 23.1 Å². The lowest BCUT2D eigenvalue weighted by Crippen LogP contribution is -2.12. The Morgan fingerprint density at radius 2 is 0.704 bits per heavy atom. The summed E-state index contributed by atoms with van der Waals surface area (Å²) < 4.78 is 52.6. The van der Waals surface area contributed by atoms with Crippen LogP contribution in [0.3, 0.4) is 0 Å². The maximum atomic E-state index is 14.8. The van der Waals surface area contributed by atoms with Crippen molar-refractivity contribution in [2.24, 2.45) is 0 Å². The van der Waals surface area contributed by atoms with Crippen LogP contribution in [0.15, 0.2) is 103 Å². The Bertz CT molecular complexity index is 2220. The number of carbonyl (C=O) groups is 2. The summed E-state index contributed by atoms with van der Waals surface area (Å²) in [7, 11) is 0. The molecule has 380 valence electrons. The Morgan fingerprint density at radius 3 is 1.04 bits per heavy atom. The highest BCUT2D eigenvalue weighted by Crippen LogP contribution is 2.30. The van der Waals surface area contributed by atoms with E-state index in [1.54, 1.807) is 85.8 Å². The fourth-order valence-electron chi connectivity index (χ4n) is 8.35. The van der Waals surface area contributed by atoms with Crippen LogP contribution >= 0.6 is 0 Å². The number of unbranched alkanes of at least 4 members (excludes halogenated alkanes) is 20. The van der Waals surface area contributed by atoms with Crippen molar-refractivity contribution < 1.29 is 37.3 Å². The van der Waals surface area contributed by atoms with Crippen LogP contribution in [0.25, 0.3) is 24.3 Å². The monoisotopic (exact) mass is 969 g/mol. The fourth-order valence-corrected chi connectivity index (χ4v) is 8.35. The molecule has 0 unspecified atom stereocenters. The summed E-state index contributed by atoms with van der Waals surface area (Å²) in [5, 5.41) is 0. The van der Waals surface area contributed by atoms with Crippen LogP contribution in [-0.2, 0) is 0 Å². The van der Waals surface area contributed by atoms with Gasteiger partial charge in [0.1, 0.15) is 11.5 Å². The van der Waals surface area contributed by atoms with Crippen molar-refractivity contribution in [2.75, 3.05) is 13.2 Å². The molecule has 0 spiro atoms. The fraction of sp³-hybridized carbons (Fsp3) is 0.429. The summed E-state index contributed by atoms with van der Waals surface area (Å²) in [5.41, 5.74) is 4.20. The number of carbonyl (C=O) groups excluding carboxylic acids is 2. The summed E-state index contributed by atoms with van der Waals surface area (Å²) >= 11 is 0. The summed E-state index contributed by atoms with van der Waals surface area (Å²) in [6.45, 7) is 7.22. The first-order valence-electron chi connectivity index (χ1n) is 26.7. The van der Waals surface area contributed by atoms with E-state index in [-0.39, 0.29) is 23.0 Å². The van der Waals surface area contributed by atoms with Gasteiger partial charge < -0.3 is 18.9 Å². The molecule has 0 aliphatic carbocycles. The summed E-state index contributed by atoms with van der Waals surface area (Å²) in [6.07, 6.45) is 34.8. The first-order chi connectivity index (χ1) is 34.7. The largest absolute Gasteiger partial charge is 0.491 e. The van der Waals surface area contributed by atoms with Crippen molar-refractivity contribution in [2.45, 2.75) is 162 Å². The van der Waals surface area contributed by atoms with E-state index in [1.165, 1.54) is 128 Å². The van der Waals surface area contributed by atoms with E-state index in [2.05, 4.69) is 13.8 Å². The highest BCUT2D eigenvalue weighted by Gasteiger charge is 2.16. The third-order valence-corrected chi connectivity index (χ3v) is 12.8. The Kier molecular flexibility index (Phi) is 25.8. The Morgan fingerprint density at radius 1 is 0.394 bits per heavy atom. The normalized spacial score (nSPS) is 11.4. The van der Waals surface area contributed by atoms with Gasteiger partial charge in [-0.1, -0.05) is 209 Å². The summed E-state index contributed by atoms with van der Waals surface area (Å²) in [4.78, 5) is 26.3. The molecule has 5 rings (SSSR count). The lowest BCUT2D eigenvalue weighted by Gasteiger charge is -2.12. The highest BCUT2D eigenvalue weighted by molar-refractivity contribution is 5.93. The zero-order chi connectivity index (χ0) is 50.3. The second kappa shape index (κ2) is 32.8. The third-order valence-electron chi connectivity index (χ3n) is 12.8. The maximum absolute atomic E-state index is 14.8. The van der Waals surface area contributed by atoms with Crippen LogP contribution in [0.2, 0.25) is 0 Å². The van der Waals surface area contributed by atoms with E-state index in [4.69, 9.17) is 18.9 Å². The third kappa shape index (κ3) is 21.1. The zero-order valence-electron chi connectivity index (χ0n) is 42.8. The van der Waals surface area contributed by atoms with Crippen LogP contribution < -0.4 is 18.9 Å². The van der Waals surface area contributed by atoms with Crippen LogP contribution in [0.1, 0.15) is 204 Å². The number of hydrogen-bond acceptors (Lipinski definition) is 6. The minimum atomic E-state index is -0.566. The van der Waals surface area contributed by atoms with Crippen LogP contribution in [0.4, 0.5) is 8.78 Å². The zero-order valence-corrected chi connectivity index (χ0v) is 42.8. The van der Waals surface area contributed by atoms with Crippen molar-refractivity contribution in [3.05, 3.63) is 154 Å². The first-order valence-corrected chi connectivity index (χ1v) is 26.7. The standard InChI is InChI=1S/C63H78F2O6/c1-4-6-8-10-12-14-16-18-20-22-24-45-68-60-43-37-52(47-56(60)64)31-29-50-33-39-54(40-34-50)62(66)70-58-27-26-28-59(49(58)3)71-63(67)55-41-35-51(36-42-55)30-32-53-38-44-61(57(65)48-53)69-46-25-23-21-19-17-15-13-11-9-7-5-2/h26-44,47-48H,4-25,45-46H2,1-3H3/b31-29+,32-30+. The molecular formula is C63H78F2O6. The number of benzene rings is 5. The molecule has 0 aromatic heterocycles. The van der Waals surface area contributed by atoms with Gasteiger partial charge in [-0.2, -0.15) is 0 Å². The van der Waals surface area contributed by atoms with Gasteiger partial charge in [-0.05, 0) is 103 Å². The number of halogens is 2. The van der Waals surface area contributed by atoms with E-state index in [0.717, 1.165) is 36.8 Å². The SMILES string of the molecule is CCCCCCCCCCCCCOc1ccc(/C=C/c2ccc(C(=O)Oc3cccc(OC(=O)c4ccc(/C=C/c5ccc(OCCCCCCCCCCCCC)c(F)c5)cc4)c3C)cc2)cc1F. The molecule has 0 amide bonds. The topological polar surface area (TPSA) is 71.1 Å². The Balaban J connectivity index is 1.00. The van der Waals surface area contributed by atoms with Gasteiger partial charge in [0.2, 0.25) is 0 Å². The van der Waals surface area contributed by atoms with E-state index in [9.17, 15) is 18.4 Å². The van der Waals surface area contributed by atoms with Crippen molar-refractivity contribution in [3.8, 4) is 23.0 Å². The van der Waals surface area contributed by atoms with Crippen molar-refractivity contribution >= 4 is 36.2 Å². The molecule has 8 heteroatoms.